The van der Waals surface area contributed by atoms with Crippen molar-refractivity contribution in [1.82, 2.24) is 9.80 Å². The van der Waals surface area contributed by atoms with Crippen LogP contribution in [0.2, 0.25) is 5.02 Å². The summed E-state index contributed by atoms with van der Waals surface area (Å²) in [5.41, 5.74) is 7.86. The first-order valence-electron chi connectivity index (χ1n) is 9.61. The molecule has 0 spiro atoms. The average Bonchev–Trinajstić information content (AvgIpc) is 2.98. The highest BCUT2D eigenvalue weighted by atomic mass is 35.5. The Hall–Kier alpha value is -2.08. The smallest absolute Gasteiger partial charge is 0.253 e. The Morgan fingerprint density at radius 2 is 1.62 bits per heavy atom. The maximum atomic E-state index is 13.0. The number of carbonyl (C=O) groups excluding carboxylic acids is 2. The predicted molar refractivity (Wildman–Crippen MR) is 118 cm³/mol. The lowest BCUT2D eigenvalue weighted by Gasteiger charge is -2.27. The van der Waals surface area contributed by atoms with E-state index in [2.05, 4.69) is 0 Å². The molecule has 0 aromatic heterocycles. The van der Waals surface area contributed by atoms with Crippen molar-refractivity contribution >= 4 is 35.8 Å². The van der Waals surface area contributed by atoms with Crippen molar-refractivity contribution in [3.63, 3.8) is 0 Å². The lowest BCUT2D eigenvalue weighted by molar-refractivity contribution is -0.135. The number of amides is 2. The molecular formula is C22H27Cl2N3O2. The number of halogens is 2. The quantitative estimate of drug-likeness (QED) is 0.794. The molecule has 1 aliphatic heterocycles. The molecule has 156 valence electrons. The van der Waals surface area contributed by atoms with Gasteiger partial charge in [-0.25, -0.2) is 0 Å². The zero-order valence-electron chi connectivity index (χ0n) is 16.5. The Kier molecular flexibility index (Phi) is 8.50. The molecule has 2 amide bonds. The van der Waals surface area contributed by atoms with Gasteiger partial charge < -0.3 is 15.5 Å². The van der Waals surface area contributed by atoms with Crippen LogP contribution in [0.5, 0.6) is 0 Å². The van der Waals surface area contributed by atoms with Crippen molar-refractivity contribution < 1.29 is 9.59 Å². The molecule has 2 atom stereocenters. The molecule has 0 radical (unpaired) electrons. The number of rotatable bonds is 4. The summed E-state index contributed by atoms with van der Waals surface area (Å²) in [6, 6.07) is 16.3. The van der Waals surface area contributed by atoms with Crippen LogP contribution in [0.4, 0.5) is 0 Å². The van der Waals surface area contributed by atoms with E-state index < -0.39 is 0 Å². The van der Waals surface area contributed by atoms with Crippen molar-refractivity contribution in [1.29, 1.82) is 0 Å². The van der Waals surface area contributed by atoms with Gasteiger partial charge in [-0.05, 0) is 30.2 Å². The van der Waals surface area contributed by atoms with E-state index in [-0.39, 0.29) is 36.2 Å². The minimum atomic E-state index is -0.346. The van der Waals surface area contributed by atoms with Crippen LogP contribution in [0.3, 0.4) is 0 Å². The van der Waals surface area contributed by atoms with Crippen molar-refractivity contribution in [2.75, 3.05) is 26.2 Å². The molecule has 2 aromatic rings. The van der Waals surface area contributed by atoms with Crippen LogP contribution in [0, 0.1) is 5.92 Å². The third kappa shape index (κ3) is 5.72. The second-order valence-corrected chi connectivity index (χ2v) is 7.64. The summed E-state index contributed by atoms with van der Waals surface area (Å²) in [6.07, 6.45) is 0.741. The van der Waals surface area contributed by atoms with Gasteiger partial charge in [-0.3, -0.25) is 9.59 Å². The monoisotopic (exact) mass is 435 g/mol. The molecule has 2 N–H and O–H groups in total. The summed E-state index contributed by atoms with van der Waals surface area (Å²) in [5, 5.41) is 0.543. The van der Waals surface area contributed by atoms with Gasteiger partial charge in [0.1, 0.15) is 0 Å². The van der Waals surface area contributed by atoms with Gasteiger partial charge in [0, 0.05) is 42.8 Å². The van der Waals surface area contributed by atoms with Gasteiger partial charge in [0.15, 0.2) is 0 Å². The minimum Gasteiger partial charge on any atom is -0.341 e. The Morgan fingerprint density at radius 3 is 2.31 bits per heavy atom. The molecule has 1 saturated heterocycles. The number of nitrogens with zero attached hydrogens (tertiary/aromatic N) is 2. The summed E-state index contributed by atoms with van der Waals surface area (Å²) in [7, 11) is 0. The second-order valence-electron chi connectivity index (χ2n) is 7.21. The molecule has 1 fully saturated rings. The summed E-state index contributed by atoms with van der Waals surface area (Å²) in [6.45, 7) is 4.14. The number of benzene rings is 2. The molecule has 0 saturated carbocycles. The molecule has 1 heterocycles. The van der Waals surface area contributed by atoms with E-state index in [0.717, 1.165) is 12.0 Å². The third-order valence-corrected chi connectivity index (χ3v) is 5.51. The number of hydrogen-bond acceptors (Lipinski definition) is 3. The zero-order valence-corrected chi connectivity index (χ0v) is 18.0. The molecule has 29 heavy (non-hydrogen) atoms. The third-order valence-electron chi connectivity index (χ3n) is 5.28. The van der Waals surface area contributed by atoms with E-state index in [1.165, 1.54) is 0 Å². The Morgan fingerprint density at radius 1 is 0.966 bits per heavy atom. The van der Waals surface area contributed by atoms with Crippen molar-refractivity contribution in [3.8, 4) is 0 Å². The van der Waals surface area contributed by atoms with Gasteiger partial charge in [-0.15, -0.1) is 12.4 Å². The molecule has 5 nitrogen and oxygen atoms in total. The highest BCUT2D eigenvalue weighted by Crippen LogP contribution is 2.22. The van der Waals surface area contributed by atoms with Gasteiger partial charge >= 0.3 is 0 Å². The van der Waals surface area contributed by atoms with E-state index in [1.54, 1.807) is 29.2 Å². The van der Waals surface area contributed by atoms with E-state index in [1.807, 2.05) is 42.2 Å². The van der Waals surface area contributed by atoms with Gasteiger partial charge in [-0.2, -0.15) is 0 Å². The number of carbonyl (C=O) groups is 2. The number of nitrogens with two attached hydrogens (primary N) is 1. The van der Waals surface area contributed by atoms with Gasteiger partial charge in [0.25, 0.3) is 5.91 Å². The molecule has 7 heteroatoms. The summed E-state index contributed by atoms with van der Waals surface area (Å²) in [5.74, 6) is -0.336. The average molecular weight is 436 g/mol. The normalized spacial score (nSPS) is 16.4. The summed E-state index contributed by atoms with van der Waals surface area (Å²) in [4.78, 5) is 29.4. The van der Waals surface area contributed by atoms with Crippen molar-refractivity contribution in [2.45, 2.75) is 19.4 Å². The molecule has 1 aliphatic rings. The fourth-order valence-corrected chi connectivity index (χ4v) is 3.74. The fourth-order valence-electron chi connectivity index (χ4n) is 3.55. The fraction of sp³-hybridized carbons (Fsp3) is 0.364. The van der Waals surface area contributed by atoms with E-state index in [9.17, 15) is 9.59 Å². The first-order valence-corrected chi connectivity index (χ1v) is 9.99. The van der Waals surface area contributed by atoms with Crippen LogP contribution in [-0.2, 0) is 4.79 Å². The summed E-state index contributed by atoms with van der Waals surface area (Å²) < 4.78 is 0. The molecule has 2 unspecified atom stereocenters. The van der Waals surface area contributed by atoms with Crippen molar-refractivity contribution in [3.05, 3.63) is 70.7 Å². The van der Waals surface area contributed by atoms with E-state index >= 15 is 0 Å². The minimum absolute atomic E-state index is 0. The van der Waals surface area contributed by atoms with Crippen LogP contribution in [0.25, 0.3) is 0 Å². The largest absolute Gasteiger partial charge is 0.341 e. The van der Waals surface area contributed by atoms with Crippen molar-refractivity contribution in [2.24, 2.45) is 11.7 Å². The lowest BCUT2D eigenvalue weighted by atomic mass is 9.94. The van der Waals surface area contributed by atoms with Crippen LogP contribution >= 0.6 is 24.0 Å². The highest BCUT2D eigenvalue weighted by molar-refractivity contribution is 6.30. The van der Waals surface area contributed by atoms with E-state index in [4.69, 9.17) is 17.3 Å². The van der Waals surface area contributed by atoms with Crippen LogP contribution in [0.15, 0.2) is 54.6 Å². The molecule has 0 aliphatic carbocycles. The Balaban J connectivity index is 0.00000300. The molecule has 3 rings (SSSR count). The lowest BCUT2D eigenvalue weighted by Crippen LogP contribution is -2.42. The molecular weight excluding hydrogens is 409 g/mol. The maximum Gasteiger partial charge on any atom is 0.253 e. The second kappa shape index (κ2) is 10.6. The van der Waals surface area contributed by atoms with E-state index in [0.29, 0.717) is 36.8 Å². The zero-order chi connectivity index (χ0) is 20.1. The Bertz CT molecular complexity index is 832. The van der Waals surface area contributed by atoms with Gasteiger partial charge in [-0.1, -0.05) is 54.9 Å². The SMILES string of the molecule is CC(C(=O)N1CCCN(C(=O)c2cccc(Cl)c2)CC1)C(N)c1ccccc1.Cl. The first kappa shape index (κ1) is 23.2. The van der Waals surface area contributed by atoms with Gasteiger partial charge in [0.05, 0.1) is 5.92 Å². The van der Waals surface area contributed by atoms with Crippen LogP contribution in [0.1, 0.15) is 35.3 Å². The first-order chi connectivity index (χ1) is 13.5. The standard InChI is InChI=1S/C22H26ClN3O2.ClH/c1-16(20(24)17-7-3-2-4-8-17)21(27)25-11-6-12-26(14-13-25)22(28)18-9-5-10-19(23)15-18;/h2-5,7-10,15-16,20H,6,11-14,24H2,1H3;1H. The Labute approximate surface area is 183 Å². The van der Waals surface area contributed by atoms with Gasteiger partial charge in [0.2, 0.25) is 5.91 Å². The number of hydrogen-bond donors (Lipinski definition) is 1. The van der Waals surface area contributed by atoms with Crippen LogP contribution < -0.4 is 5.73 Å². The highest BCUT2D eigenvalue weighted by Gasteiger charge is 2.29. The van der Waals surface area contributed by atoms with Crippen LogP contribution in [-0.4, -0.2) is 47.8 Å². The maximum absolute atomic E-state index is 13.0. The summed E-state index contributed by atoms with van der Waals surface area (Å²) >= 11 is 6.00. The molecule has 0 bridgehead atoms. The molecule has 2 aromatic carbocycles. The topological polar surface area (TPSA) is 66.6 Å². The predicted octanol–water partition coefficient (Wildman–Crippen LogP) is 3.77.